The van der Waals surface area contributed by atoms with E-state index in [4.69, 9.17) is 5.11 Å². The summed E-state index contributed by atoms with van der Waals surface area (Å²) >= 11 is 3.98. The number of alkyl halides is 7. The number of carboxylic acids is 1. The molecule has 0 bridgehead atoms. The van der Waals surface area contributed by atoms with Crippen LogP contribution in [0.3, 0.4) is 0 Å². The molecule has 1 N–H and O–H groups in total. The predicted octanol–water partition coefficient (Wildman–Crippen LogP) is 2.02. The molecule has 0 saturated heterocycles. The van der Waals surface area contributed by atoms with Crippen molar-refractivity contribution >= 4 is 55.3 Å². The molecule has 0 aliphatic rings. The van der Waals surface area contributed by atoms with Crippen LogP contribution in [-0.4, -0.2) is 66.0 Å². The molecular formula is C4H3CaClF6O2. The summed E-state index contributed by atoms with van der Waals surface area (Å²) in [5.74, 6) is -3.20. The van der Waals surface area contributed by atoms with Gasteiger partial charge in [0.2, 0.25) is 0 Å². The Morgan fingerprint density at radius 2 is 1.29 bits per heavy atom. The molecule has 0 heterocycles. The summed E-state index contributed by atoms with van der Waals surface area (Å²) in [5.41, 5.74) is 0. The number of hydrogen-bond acceptors (Lipinski definition) is 1. The van der Waals surface area contributed by atoms with Crippen molar-refractivity contribution in [2.75, 3.05) is 0 Å². The van der Waals surface area contributed by atoms with E-state index >= 15 is 0 Å². The SMILES string of the molecule is O=C(O)C(Cl)(C(F)(F)F)C(F)(F)F.[Ca+2].[H-].[H-]. The zero-order chi connectivity index (χ0) is 11.1. The van der Waals surface area contributed by atoms with Crippen LogP contribution >= 0.6 is 11.6 Å². The molecule has 0 aromatic heterocycles. The molecule has 0 aliphatic heterocycles. The van der Waals surface area contributed by atoms with Crippen molar-refractivity contribution < 1.29 is 39.1 Å². The Labute approximate surface area is 111 Å². The second-order valence-electron chi connectivity index (χ2n) is 1.96. The zero-order valence-electron chi connectivity index (χ0n) is 8.21. The van der Waals surface area contributed by atoms with Crippen molar-refractivity contribution in [1.82, 2.24) is 0 Å². The van der Waals surface area contributed by atoms with Gasteiger partial charge in [0.1, 0.15) is 0 Å². The molecule has 0 spiro atoms. The molecule has 82 valence electrons. The quantitative estimate of drug-likeness (QED) is 0.450. The van der Waals surface area contributed by atoms with Gasteiger partial charge in [-0.1, -0.05) is 11.6 Å². The maximum absolute atomic E-state index is 11.6. The second kappa shape index (κ2) is 4.63. The standard InChI is InChI=1S/C4HClF6O2.Ca.2H/c5-2(1(12)13,3(6,7)8)4(9,10)11;;;/h(H,12,13);;;/q;+2;2*-1. The van der Waals surface area contributed by atoms with Crippen molar-refractivity contribution in [2.45, 2.75) is 17.2 Å². The van der Waals surface area contributed by atoms with Crippen molar-refractivity contribution in [3.05, 3.63) is 0 Å². The molecule has 0 aromatic carbocycles. The number of carbonyl (C=O) groups is 1. The Bertz CT molecular complexity index is 218. The number of aliphatic carboxylic acids is 1. The number of carboxylic acid groups (broad SMARTS) is 1. The summed E-state index contributed by atoms with van der Waals surface area (Å²) in [7, 11) is 0. The first-order valence-corrected chi connectivity index (χ1v) is 2.88. The Kier molecular flexibility index (Phi) is 5.62. The average molecular weight is 273 g/mol. The molecule has 0 rings (SSSR count). The van der Waals surface area contributed by atoms with Crippen molar-refractivity contribution in [1.29, 1.82) is 0 Å². The molecule has 0 unspecified atom stereocenters. The predicted molar refractivity (Wildman–Crippen MR) is 36.3 cm³/mol. The van der Waals surface area contributed by atoms with Gasteiger partial charge >= 0.3 is 60.9 Å². The van der Waals surface area contributed by atoms with E-state index in [2.05, 4.69) is 11.6 Å². The average Bonchev–Trinajstić information content (AvgIpc) is 1.80. The van der Waals surface area contributed by atoms with Crippen LogP contribution in [0.5, 0.6) is 0 Å². The normalized spacial score (nSPS) is 13.4. The topological polar surface area (TPSA) is 37.3 Å². The minimum absolute atomic E-state index is 0. The van der Waals surface area contributed by atoms with E-state index in [1.165, 1.54) is 0 Å². The fourth-order valence-corrected chi connectivity index (χ4v) is 0.403. The van der Waals surface area contributed by atoms with E-state index in [9.17, 15) is 31.1 Å². The minimum Gasteiger partial charge on any atom is -1.00 e. The third-order valence-corrected chi connectivity index (χ3v) is 1.67. The van der Waals surface area contributed by atoms with Gasteiger partial charge in [-0.25, -0.2) is 4.79 Å². The second-order valence-corrected chi connectivity index (χ2v) is 2.53. The molecule has 0 radical (unpaired) electrons. The monoisotopic (exact) mass is 272 g/mol. The van der Waals surface area contributed by atoms with Crippen LogP contribution in [0.4, 0.5) is 26.3 Å². The molecule has 0 amide bonds. The van der Waals surface area contributed by atoms with Crippen molar-refractivity contribution in [2.24, 2.45) is 0 Å². The van der Waals surface area contributed by atoms with Gasteiger partial charge in [-0.15, -0.1) is 0 Å². The number of halogens is 7. The fraction of sp³-hybridized carbons (Fsp3) is 0.750. The Morgan fingerprint density at radius 3 is 1.29 bits per heavy atom. The van der Waals surface area contributed by atoms with Gasteiger partial charge < -0.3 is 7.96 Å². The third kappa shape index (κ3) is 2.80. The smallest absolute Gasteiger partial charge is 1.00 e. The molecule has 0 saturated carbocycles. The summed E-state index contributed by atoms with van der Waals surface area (Å²) in [5, 5.41) is 7.73. The van der Waals surface area contributed by atoms with Crippen molar-refractivity contribution in [3.8, 4) is 0 Å². The molecular weight excluding hydrogens is 270 g/mol. The minimum atomic E-state index is -6.10. The van der Waals surface area contributed by atoms with Gasteiger partial charge in [0.25, 0.3) is 0 Å². The molecule has 0 aromatic rings. The summed E-state index contributed by atoms with van der Waals surface area (Å²) in [6.07, 6.45) is -12.2. The summed E-state index contributed by atoms with van der Waals surface area (Å²) in [6, 6.07) is 0. The van der Waals surface area contributed by atoms with Crippen LogP contribution in [0.25, 0.3) is 0 Å². The fourth-order valence-electron chi connectivity index (χ4n) is 0.403. The van der Waals surface area contributed by atoms with E-state index in [0.29, 0.717) is 0 Å². The summed E-state index contributed by atoms with van der Waals surface area (Å²) in [4.78, 5) is 4.51. The zero-order valence-corrected chi connectivity index (χ0v) is 9.17. The van der Waals surface area contributed by atoms with Crippen LogP contribution in [0, 0.1) is 0 Å². The molecule has 0 atom stereocenters. The maximum Gasteiger partial charge on any atom is 2.00 e. The van der Waals surface area contributed by atoms with E-state index in [1.807, 2.05) is 0 Å². The van der Waals surface area contributed by atoms with E-state index < -0.39 is 23.2 Å². The summed E-state index contributed by atoms with van der Waals surface area (Å²) in [6.45, 7) is 0. The first kappa shape index (κ1) is 17.0. The summed E-state index contributed by atoms with van der Waals surface area (Å²) < 4.78 is 69.7. The number of rotatable bonds is 1. The molecule has 0 fully saturated rings. The van der Waals surface area contributed by atoms with Crippen LogP contribution < -0.4 is 0 Å². The first-order chi connectivity index (χ1) is 5.44. The maximum atomic E-state index is 11.6. The third-order valence-electron chi connectivity index (χ3n) is 1.08. The van der Waals surface area contributed by atoms with Gasteiger partial charge in [-0.2, -0.15) is 26.3 Å². The van der Waals surface area contributed by atoms with E-state index in [0.717, 1.165) is 0 Å². The van der Waals surface area contributed by atoms with Crippen LogP contribution in [-0.2, 0) is 4.79 Å². The molecule has 14 heavy (non-hydrogen) atoms. The van der Waals surface area contributed by atoms with Gasteiger partial charge in [0.15, 0.2) is 0 Å². The van der Waals surface area contributed by atoms with Crippen molar-refractivity contribution in [3.63, 3.8) is 0 Å². The van der Waals surface area contributed by atoms with E-state index in [1.54, 1.807) is 0 Å². The van der Waals surface area contributed by atoms with Gasteiger partial charge in [-0.3, -0.25) is 0 Å². The molecule has 0 aliphatic carbocycles. The largest absolute Gasteiger partial charge is 2.00 e. The van der Waals surface area contributed by atoms with Crippen LogP contribution in [0.1, 0.15) is 2.85 Å². The number of hydrogen-bond donors (Lipinski definition) is 1. The Balaban J connectivity index is -0.000000240. The molecule has 10 heteroatoms. The Morgan fingerprint density at radius 1 is 1.07 bits per heavy atom. The van der Waals surface area contributed by atoms with Crippen LogP contribution in [0.2, 0.25) is 0 Å². The molecule has 2 nitrogen and oxygen atoms in total. The van der Waals surface area contributed by atoms with Gasteiger partial charge in [0.05, 0.1) is 0 Å². The Hall–Kier alpha value is 0.600. The van der Waals surface area contributed by atoms with Crippen LogP contribution in [0.15, 0.2) is 0 Å². The first-order valence-electron chi connectivity index (χ1n) is 2.50. The van der Waals surface area contributed by atoms with Gasteiger partial charge in [-0.05, 0) is 0 Å². The van der Waals surface area contributed by atoms with E-state index in [-0.39, 0.29) is 40.6 Å². The van der Waals surface area contributed by atoms with Gasteiger partial charge in [0, 0.05) is 0 Å².